The number of likely N-dealkylation sites (tertiary alicyclic amines) is 1. The van der Waals surface area contributed by atoms with Crippen LogP contribution in [0.1, 0.15) is 29.5 Å². The van der Waals surface area contributed by atoms with Crippen molar-refractivity contribution >= 4 is 5.91 Å². The molecule has 196 valence electrons. The highest BCUT2D eigenvalue weighted by atomic mass is 16.5. The highest BCUT2D eigenvalue weighted by Gasteiger charge is 2.27. The largest absolute Gasteiger partial charge is 0.493 e. The Kier molecular flexibility index (Phi) is 9.44. The zero-order valence-corrected chi connectivity index (χ0v) is 22.2. The summed E-state index contributed by atoms with van der Waals surface area (Å²) < 4.78 is 16.7. The van der Waals surface area contributed by atoms with Crippen molar-refractivity contribution in [3.05, 3.63) is 89.5 Å². The third-order valence-electron chi connectivity index (χ3n) is 7.05. The second-order valence-corrected chi connectivity index (χ2v) is 9.67. The molecule has 1 aliphatic rings. The van der Waals surface area contributed by atoms with Crippen LogP contribution in [0.2, 0.25) is 0 Å². The Balaban J connectivity index is 1.22. The van der Waals surface area contributed by atoms with Crippen molar-refractivity contribution in [1.29, 1.82) is 0 Å². The van der Waals surface area contributed by atoms with Crippen molar-refractivity contribution in [3.8, 4) is 17.2 Å². The highest BCUT2D eigenvalue weighted by molar-refractivity contribution is 5.78. The molecule has 1 heterocycles. The van der Waals surface area contributed by atoms with Gasteiger partial charge in [0.15, 0.2) is 11.5 Å². The summed E-state index contributed by atoms with van der Waals surface area (Å²) in [4.78, 5) is 17.4. The predicted octanol–water partition coefficient (Wildman–Crippen LogP) is 5.20. The maximum atomic E-state index is 13.1. The maximum Gasteiger partial charge on any atom is 0.225 e. The van der Waals surface area contributed by atoms with Gasteiger partial charge in [-0.25, -0.2) is 0 Å². The van der Waals surface area contributed by atoms with Gasteiger partial charge in [0.2, 0.25) is 5.91 Å². The Morgan fingerprint density at radius 2 is 1.59 bits per heavy atom. The van der Waals surface area contributed by atoms with Crippen molar-refractivity contribution in [2.75, 3.05) is 40.9 Å². The van der Waals surface area contributed by atoms with E-state index in [4.69, 9.17) is 14.2 Å². The van der Waals surface area contributed by atoms with Gasteiger partial charge in [-0.2, -0.15) is 0 Å². The Bertz CT molecular complexity index is 1140. The second-order valence-electron chi connectivity index (χ2n) is 9.67. The zero-order chi connectivity index (χ0) is 26.0. The first-order chi connectivity index (χ1) is 18.1. The molecule has 0 aromatic heterocycles. The lowest BCUT2D eigenvalue weighted by Gasteiger charge is -2.33. The number of benzene rings is 3. The van der Waals surface area contributed by atoms with Gasteiger partial charge < -0.3 is 19.1 Å². The van der Waals surface area contributed by atoms with Crippen LogP contribution in [-0.4, -0.2) is 56.6 Å². The molecule has 0 N–H and O–H groups in total. The third-order valence-corrected chi connectivity index (χ3v) is 7.05. The maximum absolute atomic E-state index is 13.1. The lowest BCUT2D eigenvalue weighted by atomic mass is 9.95. The van der Waals surface area contributed by atoms with Gasteiger partial charge in [0.05, 0.1) is 14.2 Å². The number of carbonyl (C=O) groups excluding carboxylic acids is 1. The first-order valence-electron chi connectivity index (χ1n) is 13.0. The van der Waals surface area contributed by atoms with Crippen LogP contribution in [0.4, 0.5) is 0 Å². The van der Waals surface area contributed by atoms with Crippen molar-refractivity contribution < 1.29 is 19.0 Å². The SMILES string of the molecule is COc1ccc(CCN(C)C(=O)C2CCN(Cc3cccc(OCc4ccccc4)c3)CC2)cc1OC. The number of piperidine rings is 1. The summed E-state index contributed by atoms with van der Waals surface area (Å²) in [6, 6.07) is 24.5. The van der Waals surface area contributed by atoms with E-state index in [1.807, 2.05) is 54.4 Å². The van der Waals surface area contributed by atoms with Crippen LogP contribution in [0, 0.1) is 5.92 Å². The van der Waals surface area contributed by atoms with E-state index in [0.29, 0.717) is 18.9 Å². The Hall–Kier alpha value is -3.51. The molecule has 0 saturated carbocycles. The number of methoxy groups -OCH3 is 2. The first-order valence-corrected chi connectivity index (χ1v) is 13.0. The van der Waals surface area contributed by atoms with Crippen LogP contribution in [0.15, 0.2) is 72.8 Å². The molecule has 4 rings (SSSR count). The number of nitrogens with zero attached hydrogens (tertiary/aromatic N) is 2. The molecule has 0 aliphatic carbocycles. The number of likely N-dealkylation sites (N-methyl/N-ethyl adjacent to an activating group) is 1. The number of rotatable bonds is 11. The molecule has 37 heavy (non-hydrogen) atoms. The summed E-state index contributed by atoms with van der Waals surface area (Å²) in [6.07, 6.45) is 2.57. The zero-order valence-electron chi connectivity index (χ0n) is 22.2. The van der Waals surface area contributed by atoms with Gasteiger partial charge in [0, 0.05) is 26.1 Å². The van der Waals surface area contributed by atoms with E-state index in [0.717, 1.165) is 61.5 Å². The Morgan fingerprint density at radius 1 is 0.865 bits per heavy atom. The average molecular weight is 503 g/mol. The lowest BCUT2D eigenvalue weighted by molar-refractivity contribution is -0.135. The second kappa shape index (κ2) is 13.2. The molecule has 1 amide bonds. The van der Waals surface area contributed by atoms with Crippen LogP contribution in [0.25, 0.3) is 0 Å². The number of hydrogen-bond donors (Lipinski definition) is 0. The minimum atomic E-state index is 0.0900. The molecule has 1 saturated heterocycles. The molecule has 3 aromatic rings. The normalized spacial score (nSPS) is 14.2. The molecule has 6 heteroatoms. The lowest BCUT2D eigenvalue weighted by Crippen LogP contribution is -2.41. The highest BCUT2D eigenvalue weighted by Crippen LogP contribution is 2.28. The van der Waals surface area contributed by atoms with Gasteiger partial charge in [-0.05, 0) is 73.3 Å². The Morgan fingerprint density at radius 3 is 2.32 bits per heavy atom. The molecular formula is C31H38N2O4. The molecular weight excluding hydrogens is 464 g/mol. The van der Waals surface area contributed by atoms with Gasteiger partial charge in [-0.1, -0.05) is 48.5 Å². The molecule has 0 unspecified atom stereocenters. The first kappa shape index (κ1) is 26.6. The Labute approximate surface area is 220 Å². The van der Waals surface area contributed by atoms with E-state index in [9.17, 15) is 4.79 Å². The molecule has 0 bridgehead atoms. The van der Waals surface area contributed by atoms with E-state index in [1.165, 1.54) is 5.56 Å². The topological polar surface area (TPSA) is 51.2 Å². The fraction of sp³-hybridized carbons (Fsp3) is 0.387. The van der Waals surface area contributed by atoms with Crippen LogP contribution in [-0.2, 0) is 24.4 Å². The summed E-state index contributed by atoms with van der Waals surface area (Å²) in [5.74, 6) is 2.66. The van der Waals surface area contributed by atoms with Crippen LogP contribution < -0.4 is 14.2 Å². The van der Waals surface area contributed by atoms with Gasteiger partial charge in [0.1, 0.15) is 12.4 Å². The van der Waals surface area contributed by atoms with E-state index in [2.05, 4.69) is 35.2 Å². The average Bonchev–Trinajstić information content (AvgIpc) is 2.95. The fourth-order valence-electron chi connectivity index (χ4n) is 4.83. The summed E-state index contributed by atoms with van der Waals surface area (Å²) in [5, 5.41) is 0. The standard InChI is InChI=1S/C31H38N2O4/c1-32(17-14-24-12-13-29(35-2)30(21-24)36-3)31(34)27-15-18-33(19-16-27)22-26-10-7-11-28(20-26)37-23-25-8-5-4-6-9-25/h4-13,20-21,27H,14-19,22-23H2,1-3H3. The van der Waals surface area contributed by atoms with Gasteiger partial charge >= 0.3 is 0 Å². The van der Waals surface area contributed by atoms with E-state index in [-0.39, 0.29) is 11.8 Å². The molecule has 1 fully saturated rings. The summed E-state index contributed by atoms with van der Waals surface area (Å²) in [5.41, 5.74) is 3.53. The van der Waals surface area contributed by atoms with Crippen molar-refractivity contribution in [3.63, 3.8) is 0 Å². The van der Waals surface area contributed by atoms with Crippen LogP contribution in [0.3, 0.4) is 0 Å². The van der Waals surface area contributed by atoms with Gasteiger partial charge in [-0.3, -0.25) is 9.69 Å². The van der Waals surface area contributed by atoms with Crippen molar-refractivity contribution in [2.24, 2.45) is 5.92 Å². The molecule has 0 spiro atoms. The molecule has 1 aliphatic heterocycles. The quantitative estimate of drug-likeness (QED) is 0.361. The number of carbonyl (C=O) groups is 1. The van der Waals surface area contributed by atoms with E-state index < -0.39 is 0 Å². The van der Waals surface area contributed by atoms with Crippen LogP contribution >= 0.6 is 0 Å². The van der Waals surface area contributed by atoms with Crippen LogP contribution in [0.5, 0.6) is 17.2 Å². The fourth-order valence-corrected chi connectivity index (χ4v) is 4.83. The van der Waals surface area contributed by atoms with Crippen molar-refractivity contribution in [2.45, 2.75) is 32.4 Å². The molecule has 0 atom stereocenters. The summed E-state index contributed by atoms with van der Waals surface area (Å²) >= 11 is 0. The molecule has 6 nitrogen and oxygen atoms in total. The number of hydrogen-bond acceptors (Lipinski definition) is 5. The summed E-state index contributed by atoms with van der Waals surface area (Å²) in [7, 11) is 5.19. The van der Waals surface area contributed by atoms with Crippen molar-refractivity contribution in [1.82, 2.24) is 9.80 Å². The smallest absolute Gasteiger partial charge is 0.225 e. The van der Waals surface area contributed by atoms with E-state index >= 15 is 0 Å². The summed E-state index contributed by atoms with van der Waals surface area (Å²) in [6.45, 7) is 3.98. The molecule has 3 aromatic carbocycles. The molecule has 0 radical (unpaired) electrons. The van der Waals surface area contributed by atoms with E-state index in [1.54, 1.807) is 14.2 Å². The predicted molar refractivity (Wildman–Crippen MR) is 146 cm³/mol. The number of ether oxygens (including phenoxy) is 3. The third kappa shape index (κ3) is 7.49. The van der Waals surface area contributed by atoms with Gasteiger partial charge in [-0.15, -0.1) is 0 Å². The minimum absolute atomic E-state index is 0.0900. The monoisotopic (exact) mass is 502 g/mol. The minimum Gasteiger partial charge on any atom is -0.493 e. The van der Waals surface area contributed by atoms with Gasteiger partial charge in [0.25, 0.3) is 0 Å². The number of amides is 1.